The molecule has 0 rings (SSSR count). The van der Waals surface area contributed by atoms with Gasteiger partial charge < -0.3 is 4.89 Å². The number of hydrogen-bond acceptors (Lipinski definition) is 5. The highest BCUT2D eigenvalue weighted by Crippen LogP contribution is 2.63. The highest BCUT2D eigenvalue weighted by atomic mass is 31.3. The van der Waals surface area contributed by atoms with Crippen LogP contribution in [0.3, 0.4) is 0 Å². The van der Waals surface area contributed by atoms with Crippen LogP contribution in [0.4, 0.5) is 0 Å². The van der Waals surface area contributed by atoms with E-state index in [9.17, 15) is 18.6 Å². The summed E-state index contributed by atoms with van der Waals surface area (Å²) in [6.45, 7) is 2.07. The van der Waals surface area contributed by atoms with Crippen molar-refractivity contribution >= 4 is 23.7 Å². The van der Waals surface area contributed by atoms with Gasteiger partial charge >= 0.3 is 23.7 Å². The average Bonchev–Trinajstić information content (AvgIpc) is 2.19. The molecule has 19 heavy (non-hydrogen) atoms. The third-order valence-corrected chi connectivity index (χ3v) is 6.31. The van der Waals surface area contributed by atoms with Crippen molar-refractivity contribution in [2.75, 3.05) is 6.16 Å². The Morgan fingerprint density at radius 3 is 2.11 bits per heavy atom. The summed E-state index contributed by atoms with van der Waals surface area (Å²) in [5, 5.41) is 0. The van der Waals surface area contributed by atoms with Crippen molar-refractivity contribution in [1.29, 1.82) is 0 Å². The zero-order valence-electron chi connectivity index (χ0n) is 10.7. The molecule has 0 aliphatic rings. The van der Waals surface area contributed by atoms with E-state index in [0.717, 1.165) is 25.7 Å². The summed E-state index contributed by atoms with van der Waals surface area (Å²) in [6.07, 6.45) is 4.89. The van der Waals surface area contributed by atoms with Crippen LogP contribution in [0, 0.1) is 0 Å². The fraction of sp³-hybridized carbons (Fsp3) is 1.00. The van der Waals surface area contributed by atoms with Gasteiger partial charge in [-0.3, -0.25) is 9.46 Å². The fourth-order valence-electron chi connectivity index (χ4n) is 1.40. The molecule has 0 saturated carbocycles. The summed E-state index contributed by atoms with van der Waals surface area (Å²) in [5.74, 6) is 0. The van der Waals surface area contributed by atoms with E-state index in [4.69, 9.17) is 9.79 Å². The molecule has 0 aromatic rings. The van der Waals surface area contributed by atoms with Crippen LogP contribution in [-0.2, 0) is 22.3 Å². The molecule has 0 aliphatic heterocycles. The van der Waals surface area contributed by atoms with Crippen molar-refractivity contribution in [3.05, 3.63) is 0 Å². The number of unbranched alkanes of at least 4 members (excludes halogenated alkanes) is 5. The van der Waals surface area contributed by atoms with Crippen LogP contribution in [-0.4, -0.2) is 20.8 Å². The van der Waals surface area contributed by atoms with Gasteiger partial charge in [-0.15, -0.1) is 4.89 Å². The largest absolute Gasteiger partial charge is 0.705 e. The Balaban J connectivity index is 4.01. The zero-order chi connectivity index (χ0) is 14.9. The maximum Gasteiger partial charge on any atom is 0.705 e. The van der Waals surface area contributed by atoms with E-state index in [-0.39, 0.29) is 6.16 Å². The molecule has 0 aromatic carbocycles. The summed E-state index contributed by atoms with van der Waals surface area (Å²) >= 11 is 0. The topological polar surface area (TPSA) is 130 Å². The number of phosphoric acid groups is 1. The highest BCUT2D eigenvalue weighted by Gasteiger charge is 2.41. The highest BCUT2D eigenvalue weighted by molar-refractivity contribution is 7.66. The molecule has 0 aromatic heterocycles. The molecule has 0 heterocycles. The Kier molecular flexibility index (Phi) is 9.50. The van der Waals surface area contributed by atoms with Gasteiger partial charge in [-0.1, -0.05) is 39.0 Å². The molecule has 8 nitrogen and oxygen atoms in total. The predicted octanol–water partition coefficient (Wildman–Crippen LogP) is 3.32. The Labute approximate surface area is 113 Å². The second-order valence-electron chi connectivity index (χ2n) is 4.00. The van der Waals surface area contributed by atoms with Crippen molar-refractivity contribution in [2.45, 2.75) is 45.4 Å². The van der Waals surface area contributed by atoms with Crippen LogP contribution >= 0.6 is 23.7 Å². The lowest BCUT2D eigenvalue weighted by Crippen LogP contribution is -1.95. The van der Waals surface area contributed by atoms with E-state index in [2.05, 4.69) is 15.5 Å². The minimum atomic E-state index is -4.98. The van der Waals surface area contributed by atoms with Crippen molar-refractivity contribution in [1.82, 2.24) is 0 Å². The summed E-state index contributed by atoms with van der Waals surface area (Å²) in [5.41, 5.74) is 0. The monoisotopic (exact) mass is 337 g/mol. The first-order chi connectivity index (χ1) is 8.68. The Morgan fingerprint density at radius 1 is 1.05 bits per heavy atom. The van der Waals surface area contributed by atoms with Gasteiger partial charge in [-0.05, 0) is 10.7 Å². The first-order valence-electron chi connectivity index (χ1n) is 5.90. The van der Waals surface area contributed by atoms with Crippen molar-refractivity contribution in [3.63, 3.8) is 0 Å². The second kappa shape index (κ2) is 9.32. The van der Waals surface area contributed by atoms with E-state index in [1.54, 1.807) is 0 Å². The summed E-state index contributed by atoms with van der Waals surface area (Å²) in [6, 6.07) is 0. The van der Waals surface area contributed by atoms with Crippen LogP contribution in [0.2, 0.25) is 0 Å². The molecule has 3 unspecified atom stereocenters. The average molecular weight is 337 g/mol. The minimum absolute atomic E-state index is 0.296. The minimum Gasteiger partial charge on any atom is -0.324 e. The van der Waals surface area contributed by atoms with Gasteiger partial charge in [-0.2, -0.15) is 0 Å². The van der Waals surface area contributed by atoms with Gasteiger partial charge in [0, 0.05) is 4.57 Å². The summed E-state index contributed by atoms with van der Waals surface area (Å²) < 4.78 is 40.4. The first kappa shape index (κ1) is 19.4. The van der Waals surface area contributed by atoms with Crippen LogP contribution in [0.15, 0.2) is 0 Å². The smallest absolute Gasteiger partial charge is 0.324 e. The van der Waals surface area contributed by atoms with Gasteiger partial charge in [0.25, 0.3) is 0 Å². The first-order valence-corrected chi connectivity index (χ1v) is 10.3. The number of hydrogen-bond donors (Lipinski definition) is 3. The summed E-state index contributed by atoms with van der Waals surface area (Å²) in [4.78, 5) is 26.5. The third-order valence-electron chi connectivity index (χ3n) is 2.20. The molecule has 3 atom stereocenters. The molecule has 0 aliphatic carbocycles. The third kappa shape index (κ3) is 11.9. The van der Waals surface area contributed by atoms with Gasteiger partial charge in [0.1, 0.15) is 0 Å². The summed E-state index contributed by atoms with van der Waals surface area (Å²) in [7, 11) is -12.7. The normalized spacial score (nSPS) is 18.6. The van der Waals surface area contributed by atoms with Crippen LogP contribution < -0.4 is 0 Å². The molecule has 11 heteroatoms. The molecule has 0 amide bonds. The van der Waals surface area contributed by atoms with E-state index in [1.165, 1.54) is 0 Å². The standard InChI is InChI=1S/C8H19O8P3/c1-2-3-4-5-6-7-8-18(11,12)16-19(13,14)15-17(9)10/h2-8H2,1H3,(H2-,9,10,11,12,13,14)/p+1. The van der Waals surface area contributed by atoms with E-state index >= 15 is 0 Å². The maximum atomic E-state index is 11.4. The van der Waals surface area contributed by atoms with Gasteiger partial charge in [0.05, 0.1) is 6.16 Å². The van der Waals surface area contributed by atoms with E-state index < -0.39 is 23.7 Å². The lowest BCUT2D eigenvalue weighted by Gasteiger charge is -2.12. The van der Waals surface area contributed by atoms with Gasteiger partial charge in [-0.25, -0.2) is 8.88 Å². The van der Waals surface area contributed by atoms with Crippen LogP contribution in [0.25, 0.3) is 0 Å². The van der Waals surface area contributed by atoms with Crippen LogP contribution in [0.1, 0.15) is 45.4 Å². The molecule has 0 fully saturated rings. The molecular formula is C8H20O8P3+. The van der Waals surface area contributed by atoms with Crippen molar-refractivity contribution in [3.8, 4) is 0 Å². The Hall–Kier alpha value is 0.360. The number of rotatable bonds is 11. The predicted molar refractivity (Wildman–Crippen MR) is 69.9 cm³/mol. The quantitative estimate of drug-likeness (QED) is 0.386. The molecular weight excluding hydrogens is 317 g/mol. The molecule has 0 bridgehead atoms. The molecule has 0 saturated heterocycles. The van der Waals surface area contributed by atoms with E-state index in [0.29, 0.717) is 12.8 Å². The molecule has 114 valence electrons. The van der Waals surface area contributed by atoms with Crippen molar-refractivity contribution in [2.24, 2.45) is 0 Å². The molecule has 0 spiro atoms. The molecule has 3 N–H and O–H groups in total. The Bertz CT molecular complexity index is 371. The maximum absolute atomic E-state index is 11.4. The lowest BCUT2D eigenvalue weighted by atomic mass is 10.1. The molecule has 0 radical (unpaired) electrons. The second-order valence-corrected chi connectivity index (χ2v) is 8.44. The van der Waals surface area contributed by atoms with Crippen LogP contribution in [0.5, 0.6) is 0 Å². The fourth-order valence-corrected chi connectivity index (χ4v) is 4.73. The van der Waals surface area contributed by atoms with Crippen molar-refractivity contribution < 1.29 is 37.0 Å². The van der Waals surface area contributed by atoms with Gasteiger partial charge in [0.2, 0.25) is 0 Å². The lowest BCUT2D eigenvalue weighted by molar-refractivity contribution is 0.262. The van der Waals surface area contributed by atoms with E-state index in [1.807, 2.05) is 0 Å². The van der Waals surface area contributed by atoms with Gasteiger partial charge in [0.15, 0.2) is 0 Å². The SMILES string of the molecule is CCCCCCCCP(=O)(O)OP(=O)(O)O[P+](=O)O. The Morgan fingerprint density at radius 2 is 1.58 bits per heavy atom. The zero-order valence-corrected chi connectivity index (χ0v) is 13.4.